The number of morpholine rings is 1. The van der Waals surface area contributed by atoms with E-state index in [1.807, 2.05) is 12.3 Å². The molecule has 0 atom stereocenters. The molecule has 1 aromatic rings. The van der Waals surface area contributed by atoms with Gasteiger partial charge in [-0.1, -0.05) is 0 Å². The van der Waals surface area contributed by atoms with Crippen LogP contribution < -0.4 is 10.2 Å². The number of anilines is 1. The number of carbonyl (C=O) groups excluding carboxylic acids is 1. The lowest BCUT2D eigenvalue weighted by atomic mass is 10.1. The summed E-state index contributed by atoms with van der Waals surface area (Å²) in [7, 11) is 0. The molecule has 0 saturated carbocycles. The second-order valence-corrected chi connectivity index (χ2v) is 6.87. The summed E-state index contributed by atoms with van der Waals surface area (Å²) in [5.74, 6) is 1.14. The third-order valence-corrected chi connectivity index (χ3v) is 4.96. The van der Waals surface area contributed by atoms with Crippen molar-refractivity contribution in [2.24, 2.45) is 0 Å². The van der Waals surface area contributed by atoms with Crippen molar-refractivity contribution >= 4 is 11.7 Å². The fourth-order valence-electron chi connectivity index (χ4n) is 3.46. The molecule has 0 aliphatic carbocycles. The van der Waals surface area contributed by atoms with Crippen LogP contribution in [0.3, 0.4) is 0 Å². The van der Waals surface area contributed by atoms with E-state index in [9.17, 15) is 4.79 Å². The number of pyridine rings is 1. The molecule has 1 N–H and O–H groups in total. The molecule has 2 fully saturated rings. The number of ether oxygens (including phenoxy) is 1. The van der Waals surface area contributed by atoms with E-state index in [-0.39, 0.29) is 5.91 Å². The molecule has 0 aromatic carbocycles. The lowest BCUT2D eigenvalue weighted by Crippen LogP contribution is -2.36. The molecule has 3 rings (SSSR count). The van der Waals surface area contributed by atoms with Gasteiger partial charge in [0, 0.05) is 32.3 Å². The molecule has 0 radical (unpaired) electrons. The number of nitrogens with zero attached hydrogens (tertiary/aromatic N) is 3. The highest BCUT2D eigenvalue weighted by Gasteiger charge is 2.13. The molecule has 25 heavy (non-hydrogen) atoms. The van der Waals surface area contributed by atoms with Gasteiger partial charge in [-0.05, 0) is 63.0 Å². The maximum Gasteiger partial charge on any atom is 0.220 e. The normalized spacial score (nSPS) is 18.5. The van der Waals surface area contributed by atoms with E-state index in [4.69, 9.17) is 4.74 Å². The average Bonchev–Trinajstić information content (AvgIpc) is 3.18. The van der Waals surface area contributed by atoms with Crippen LogP contribution in [-0.2, 0) is 16.0 Å². The van der Waals surface area contributed by atoms with Crippen LogP contribution in [0.15, 0.2) is 18.3 Å². The summed E-state index contributed by atoms with van der Waals surface area (Å²) in [6, 6.07) is 4.11. The molecule has 2 aliphatic rings. The highest BCUT2D eigenvalue weighted by Crippen LogP contribution is 2.15. The van der Waals surface area contributed by atoms with Crippen LogP contribution in [0.5, 0.6) is 0 Å². The minimum Gasteiger partial charge on any atom is -0.378 e. The standard InChI is InChI=1S/C19H30N4O2/c24-19(21-7-3-11-22-9-1-2-10-22)5-4-17-6-8-20-18(16-17)23-12-14-25-15-13-23/h6,8,16H,1-5,7,9-15H2,(H,21,24). The van der Waals surface area contributed by atoms with Crippen LogP contribution in [0.2, 0.25) is 0 Å². The Morgan fingerprint density at radius 3 is 2.80 bits per heavy atom. The number of rotatable bonds is 8. The Balaban J connectivity index is 1.35. The summed E-state index contributed by atoms with van der Waals surface area (Å²) in [6.45, 7) is 7.61. The van der Waals surface area contributed by atoms with Crippen LogP contribution in [0.4, 0.5) is 5.82 Å². The second kappa shape index (κ2) is 9.73. The first kappa shape index (κ1) is 18.1. The van der Waals surface area contributed by atoms with Gasteiger partial charge in [-0.3, -0.25) is 4.79 Å². The fourth-order valence-corrected chi connectivity index (χ4v) is 3.46. The Kier molecular flexibility index (Phi) is 7.06. The van der Waals surface area contributed by atoms with Crippen molar-refractivity contribution in [2.75, 3.05) is 57.4 Å². The van der Waals surface area contributed by atoms with Crippen molar-refractivity contribution in [3.63, 3.8) is 0 Å². The summed E-state index contributed by atoms with van der Waals surface area (Å²) in [5.41, 5.74) is 1.17. The average molecular weight is 346 g/mol. The molecule has 6 heteroatoms. The van der Waals surface area contributed by atoms with E-state index < -0.39 is 0 Å². The van der Waals surface area contributed by atoms with Crippen molar-refractivity contribution in [2.45, 2.75) is 32.1 Å². The van der Waals surface area contributed by atoms with E-state index in [2.05, 4.69) is 26.2 Å². The minimum atomic E-state index is 0.145. The maximum atomic E-state index is 12.0. The van der Waals surface area contributed by atoms with Gasteiger partial charge in [0.15, 0.2) is 0 Å². The maximum absolute atomic E-state index is 12.0. The molecule has 1 aromatic heterocycles. The van der Waals surface area contributed by atoms with Crippen LogP contribution in [-0.4, -0.2) is 68.3 Å². The highest BCUT2D eigenvalue weighted by molar-refractivity contribution is 5.76. The molecule has 138 valence electrons. The molecule has 0 unspecified atom stereocenters. The van der Waals surface area contributed by atoms with Gasteiger partial charge in [0.2, 0.25) is 5.91 Å². The summed E-state index contributed by atoms with van der Waals surface area (Å²) in [5, 5.41) is 3.05. The van der Waals surface area contributed by atoms with E-state index in [1.165, 1.54) is 31.5 Å². The second-order valence-electron chi connectivity index (χ2n) is 6.87. The van der Waals surface area contributed by atoms with Gasteiger partial charge in [-0.2, -0.15) is 0 Å². The lowest BCUT2D eigenvalue weighted by molar-refractivity contribution is -0.121. The Labute approximate surface area is 150 Å². The molecule has 0 bridgehead atoms. The molecule has 3 heterocycles. The molecule has 1 amide bonds. The van der Waals surface area contributed by atoms with Gasteiger partial charge in [0.1, 0.15) is 5.82 Å². The number of amides is 1. The van der Waals surface area contributed by atoms with Gasteiger partial charge in [0.05, 0.1) is 13.2 Å². The van der Waals surface area contributed by atoms with Crippen molar-refractivity contribution in [3.05, 3.63) is 23.9 Å². The van der Waals surface area contributed by atoms with Gasteiger partial charge < -0.3 is 19.9 Å². The lowest BCUT2D eigenvalue weighted by Gasteiger charge is -2.28. The summed E-state index contributed by atoms with van der Waals surface area (Å²) in [4.78, 5) is 21.2. The molecular weight excluding hydrogens is 316 g/mol. The van der Waals surface area contributed by atoms with Crippen LogP contribution in [0.1, 0.15) is 31.2 Å². The Hall–Kier alpha value is -1.66. The van der Waals surface area contributed by atoms with E-state index in [0.717, 1.165) is 58.1 Å². The van der Waals surface area contributed by atoms with E-state index in [1.54, 1.807) is 0 Å². The molecular formula is C19H30N4O2. The van der Waals surface area contributed by atoms with Gasteiger partial charge >= 0.3 is 0 Å². The third kappa shape index (κ3) is 5.97. The predicted octanol–water partition coefficient (Wildman–Crippen LogP) is 1.45. The SMILES string of the molecule is O=C(CCc1ccnc(N2CCOCC2)c1)NCCCN1CCCC1. The Bertz CT molecular complexity index is 540. The first-order valence-corrected chi connectivity index (χ1v) is 9.58. The number of carbonyl (C=O) groups is 1. The van der Waals surface area contributed by atoms with Gasteiger partial charge in [-0.15, -0.1) is 0 Å². The molecule has 2 saturated heterocycles. The van der Waals surface area contributed by atoms with E-state index >= 15 is 0 Å². The van der Waals surface area contributed by atoms with E-state index in [0.29, 0.717) is 6.42 Å². The first-order valence-electron chi connectivity index (χ1n) is 9.58. The summed E-state index contributed by atoms with van der Waals surface area (Å²) >= 11 is 0. The predicted molar refractivity (Wildman–Crippen MR) is 98.9 cm³/mol. The molecule has 2 aliphatic heterocycles. The third-order valence-electron chi connectivity index (χ3n) is 4.96. The zero-order valence-electron chi connectivity index (χ0n) is 15.1. The summed E-state index contributed by atoms with van der Waals surface area (Å²) < 4.78 is 5.38. The zero-order chi connectivity index (χ0) is 17.3. The number of hydrogen-bond donors (Lipinski definition) is 1. The van der Waals surface area contributed by atoms with Crippen molar-refractivity contribution in [1.29, 1.82) is 0 Å². The number of aryl methyl sites for hydroxylation is 1. The smallest absolute Gasteiger partial charge is 0.220 e. The quantitative estimate of drug-likeness (QED) is 0.722. The fraction of sp³-hybridized carbons (Fsp3) is 0.684. The number of hydrogen-bond acceptors (Lipinski definition) is 5. The topological polar surface area (TPSA) is 57.7 Å². The van der Waals surface area contributed by atoms with Crippen molar-refractivity contribution in [3.8, 4) is 0 Å². The van der Waals surface area contributed by atoms with Gasteiger partial charge in [-0.25, -0.2) is 4.98 Å². The van der Waals surface area contributed by atoms with Crippen LogP contribution in [0, 0.1) is 0 Å². The number of nitrogens with one attached hydrogen (secondary N) is 1. The molecule has 0 spiro atoms. The minimum absolute atomic E-state index is 0.145. The number of likely N-dealkylation sites (tertiary alicyclic amines) is 1. The van der Waals surface area contributed by atoms with Crippen molar-refractivity contribution in [1.82, 2.24) is 15.2 Å². The largest absolute Gasteiger partial charge is 0.378 e. The van der Waals surface area contributed by atoms with Crippen LogP contribution >= 0.6 is 0 Å². The Morgan fingerprint density at radius 2 is 2.00 bits per heavy atom. The zero-order valence-corrected chi connectivity index (χ0v) is 15.1. The highest BCUT2D eigenvalue weighted by atomic mass is 16.5. The molecule has 6 nitrogen and oxygen atoms in total. The Morgan fingerprint density at radius 1 is 1.20 bits per heavy atom. The number of aromatic nitrogens is 1. The van der Waals surface area contributed by atoms with Gasteiger partial charge in [0.25, 0.3) is 0 Å². The monoisotopic (exact) mass is 346 g/mol. The summed E-state index contributed by atoms with van der Waals surface area (Å²) in [6.07, 6.45) is 6.83. The van der Waals surface area contributed by atoms with Crippen molar-refractivity contribution < 1.29 is 9.53 Å². The van der Waals surface area contributed by atoms with Crippen LogP contribution in [0.25, 0.3) is 0 Å². The first-order chi connectivity index (χ1) is 12.3.